The number of carbonyl (C=O) groups excluding carboxylic acids is 3. The van der Waals surface area contributed by atoms with Crippen LogP contribution in [-0.4, -0.2) is 22.9 Å². The molecule has 3 N–H and O–H groups in total. The second kappa shape index (κ2) is 6.14. The lowest BCUT2D eigenvalue weighted by atomic mass is 9.65. The molecule has 0 bridgehead atoms. The Morgan fingerprint density at radius 3 is 2.42 bits per heavy atom. The number of benzene rings is 1. The molecular weight excluding hydrogens is 312 g/mol. The lowest BCUT2D eigenvalue weighted by Gasteiger charge is -2.41. The topological polar surface area (TPSA) is 119 Å². The molecule has 0 heterocycles. The summed E-state index contributed by atoms with van der Waals surface area (Å²) < 4.78 is 0. The van der Waals surface area contributed by atoms with Crippen LogP contribution in [0.15, 0.2) is 24.3 Å². The van der Waals surface area contributed by atoms with E-state index in [-0.39, 0.29) is 11.3 Å². The number of amides is 2. The standard InChI is InChI=1S/C17H22N2O5/c1-16(2)12(7-8-17(16,3)15(23)24)14(22)19-18-13(21)10-5-4-6-11(20)9-10/h4-6,9,12,20H,7-8H2,1-3H3,(H,18,21)(H,19,22)(H,23,24)/p-1/t12-,17+/m0/s1. The number of phenolic OH excluding ortho intramolecular Hbond substituents is 1. The maximum absolute atomic E-state index is 12.4. The quantitative estimate of drug-likeness (QED) is 0.690. The molecule has 1 aromatic rings. The number of carbonyl (C=O) groups is 3. The summed E-state index contributed by atoms with van der Waals surface area (Å²) in [4.78, 5) is 35.8. The van der Waals surface area contributed by atoms with Crippen molar-refractivity contribution in [1.82, 2.24) is 10.9 Å². The number of carboxylic acid groups (broad SMARTS) is 1. The summed E-state index contributed by atoms with van der Waals surface area (Å²) in [6, 6.07) is 5.71. The Morgan fingerprint density at radius 1 is 1.21 bits per heavy atom. The van der Waals surface area contributed by atoms with Crippen molar-refractivity contribution in [3.05, 3.63) is 29.8 Å². The average Bonchev–Trinajstić information content (AvgIpc) is 2.76. The third kappa shape index (κ3) is 2.93. The first-order valence-corrected chi connectivity index (χ1v) is 7.70. The van der Waals surface area contributed by atoms with Gasteiger partial charge in [0.15, 0.2) is 0 Å². The molecule has 1 aromatic carbocycles. The molecule has 7 heteroatoms. The van der Waals surface area contributed by atoms with Crippen LogP contribution in [0.4, 0.5) is 0 Å². The molecule has 7 nitrogen and oxygen atoms in total. The number of carboxylic acids is 1. The van der Waals surface area contributed by atoms with Crippen molar-refractivity contribution in [2.75, 3.05) is 0 Å². The molecule has 2 rings (SSSR count). The van der Waals surface area contributed by atoms with E-state index in [0.717, 1.165) is 0 Å². The summed E-state index contributed by atoms with van der Waals surface area (Å²) in [5.74, 6) is -2.82. The lowest BCUT2D eigenvalue weighted by Crippen LogP contribution is -2.52. The fourth-order valence-electron chi connectivity index (χ4n) is 3.25. The minimum atomic E-state index is -1.17. The van der Waals surface area contributed by atoms with Crippen LogP contribution in [0.3, 0.4) is 0 Å². The van der Waals surface area contributed by atoms with Gasteiger partial charge in [-0.2, -0.15) is 0 Å². The van der Waals surface area contributed by atoms with Crippen molar-refractivity contribution in [3.8, 4) is 5.75 Å². The summed E-state index contributed by atoms with van der Waals surface area (Å²) in [6.07, 6.45) is 0.728. The van der Waals surface area contributed by atoms with Crippen LogP contribution < -0.4 is 16.0 Å². The molecule has 1 aliphatic carbocycles. The van der Waals surface area contributed by atoms with E-state index in [2.05, 4.69) is 10.9 Å². The zero-order chi connectivity index (χ0) is 18.1. The van der Waals surface area contributed by atoms with Crippen molar-refractivity contribution < 1.29 is 24.6 Å². The van der Waals surface area contributed by atoms with Crippen molar-refractivity contribution in [3.63, 3.8) is 0 Å². The summed E-state index contributed by atoms with van der Waals surface area (Å²) in [5, 5.41) is 20.8. The maximum atomic E-state index is 12.4. The summed E-state index contributed by atoms with van der Waals surface area (Å²) in [6.45, 7) is 5.02. The van der Waals surface area contributed by atoms with Gasteiger partial charge in [-0.15, -0.1) is 0 Å². The Balaban J connectivity index is 2.03. The van der Waals surface area contributed by atoms with Crippen LogP contribution in [0, 0.1) is 16.7 Å². The highest BCUT2D eigenvalue weighted by atomic mass is 16.4. The molecule has 1 saturated carbocycles. The number of hydrazine groups is 1. The molecule has 2 amide bonds. The van der Waals surface area contributed by atoms with Gasteiger partial charge in [0.05, 0.1) is 0 Å². The van der Waals surface area contributed by atoms with Crippen molar-refractivity contribution in [2.45, 2.75) is 33.6 Å². The largest absolute Gasteiger partial charge is 0.550 e. The molecular formula is C17H21N2O5-. The molecule has 0 aromatic heterocycles. The van der Waals surface area contributed by atoms with E-state index in [1.54, 1.807) is 20.8 Å². The molecule has 130 valence electrons. The Kier molecular flexibility index (Phi) is 4.55. The van der Waals surface area contributed by atoms with Gasteiger partial charge in [0.25, 0.3) is 5.91 Å². The van der Waals surface area contributed by atoms with Crippen LogP contribution in [0.1, 0.15) is 44.0 Å². The van der Waals surface area contributed by atoms with Crippen LogP contribution in [0.25, 0.3) is 0 Å². The third-order valence-corrected chi connectivity index (χ3v) is 5.40. The van der Waals surface area contributed by atoms with Gasteiger partial charge < -0.3 is 15.0 Å². The van der Waals surface area contributed by atoms with Gasteiger partial charge >= 0.3 is 0 Å². The minimum Gasteiger partial charge on any atom is -0.550 e. The number of nitrogens with one attached hydrogen (secondary N) is 2. The maximum Gasteiger partial charge on any atom is 0.269 e. The van der Waals surface area contributed by atoms with Crippen LogP contribution >= 0.6 is 0 Å². The van der Waals surface area contributed by atoms with Gasteiger partial charge in [-0.25, -0.2) is 0 Å². The normalized spacial score (nSPS) is 25.0. The van der Waals surface area contributed by atoms with Crippen molar-refractivity contribution in [2.24, 2.45) is 16.7 Å². The first-order valence-electron chi connectivity index (χ1n) is 7.70. The Hall–Kier alpha value is -2.57. The number of hydrogen-bond acceptors (Lipinski definition) is 5. The molecule has 0 saturated heterocycles. The molecule has 0 aliphatic heterocycles. The first-order chi connectivity index (χ1) is 11.1. The molecule has 2 atom stereocenters. The van der Waals surface area contributed by atoms with Gasteiger partial charge in [0.1, 0.15) is 5.75 Å². The molecule has 0 unspecified atom stereocenters. The van der Waals surface area contributed by atoms with Gasteiger partial charge in [-0.05, 0) is 36.5 Å². The second-order valence-electron chi connectivity index (χ2n) is 6.93. The highest BCUT2D eigenvalue weighted by Gasteiger charge is 2.54. The van der Waals surface area contributed by atoms with Gasteiger partial charge in [0.2, 0.25) is 5.91 Å². The first kappa shape index (κ1) is 17.8. The van der Waals surface area contributed by atoms with Crippen molar-refractivity contribution >= 4 is 17.8 Å². The van der Waals surface area contributed by atoms with E-state index < -0.39 is 34.5 Å². The molecule has 0 radical (unpaired) electrons. The van der Waals surface area contributed by atoms with Crippen LogP contribution in [0.5, 0.6) is 5.75 Å². The van der Waals surface area contributed by atoms with Gasteiger partial charge in [0, 0.05) is 22.9 Å². The predicted molar refractivity (Wildman–Crippen MR) is 83.3 cm³/mol. The Labute approximate surface area is 140 Å². The molecule has 1 fully saturated rings. The summed E-state index contributed by atoms with van der Waals surface area (Å²) >= 11 is 0. The zero-order valence-electron chi connectivity index (χ0n) is 13.9. The fraction of sp³-hybridized carbons (Fsp3) is 0.471. The number of hydrogen-bond donors (Lipinski definition) is 3. The number of aliphatic carboxylic acids is 1. The molecule has 0 spiro atoms. The van der Waals surface area contributed by atoms with E-state index in [1.807, 2.05) is 0 Å². The zero-order valence-corrected chi connectivity index (χ0v) is 13.9. The SMILES string of the molecule is CC1(C)[C@H](C(=O)NNC(=O)c2cccc(O)c2)CC[C@]1(C)C(=O)[O-]. The van der Waals surface area contributed by atoms with E-state index in [1.165, 1.54) is 24.3 Å². The van der Waals surface area contributed by atoms with Gasteiger partial charge in [-0.1, -0.05) is 26.8 Å². The smallest absolute Gasteiger partial charge is 0.269 e. The second-order valence-corrected chi connectivity index (χ2v) is 6.93. The summed E-state index contributed by atoms with van der Waals surface area (Å²) in [5.41, 5.74) is 2.90. The summed E-state index contributed by atoms with van der Waals surface area (Å²) in [7, 11) is 0. The van der Waals surface area contributed by atoms with Crippen LogP contribution in [-0.2, 0) is 9.59 Å². The highest BCUT2D eigenvalue weighted by molar-refractivity contribution is 5.96. The van der Waals surface area contributed by atoms with E-state index in [0.29, 0.717) is 12.8 Å². The number of aromatic hydroxyl groups is 1. The predicted octanol–water partition coefficient (Wildman–Crippen LogP) is 0.346. The van der Waals surface area contributed by atoms with Crippen LogP contribution in [0.2, 0.25) is 0 Å². The lowest BCUT2D eigenvalue weighted by molar-refractivity contribution is -0.323. The Bertz CT molecular complexity index is 685. The van der Waals surface area contributed by atoms with Gasteiger partial charge in [-0.3, -0.25) is 20.4 Å². The molecule has 24 heavy (non-hydrogen) atoms. The van der Waals surface area contributed by atoms with E-state index >= 15 is 0 Å². The highest BCUT2D eigenvalue weighted by Crippen LogP contribution is 2.55. The number of rotatable bonds is 3. The number of phenols is 1. The van der Waals surface area contributed by atoms with Crippen molar-refractivity contribution in [1.29, 1.82) is 0 Å². The fourth-order valence-corrected chi connectivity index (χ4v) is 3.25. The van der Waals surface area contributed by atoms with E-state index in [9.17, 15) is 24.6 Å². The minimum absolute atomic E-state index is 0.0596. The van der Waals surface area contributed by atoms with E-state index in [4.69, 9.17) is 0 Å². The average molecular weight is 333 g/mol. The monoisotopic (exact) mass is 333 g/mol. The molecule has 1 aliphatic rings. The Morgan fingerprint density at radius 2 is 1.88 bits per heavy atom. The third-order valence-electron chi connectivity index (χ3n) is 5.40.